The summed E-state index contributed by atoms with van der Waals surface area (Å²) in [7, 11) is 0. The highest BCUT2D eigenvalue weighted by Crippen LogP contribution is 2.28. The van der Waals surface area contributed by atoms with Gasteiger partial charge < -0.3 is 5.32 Å². The smallest absolute Gasteiger partial charge is 0.226 e. The van der Waals surface area contributed by atoms with E-state index in [0.717, 1.165) is 16.1 Å². The highest BCUT2D eigenvalue weighted by Gasteiger charge is 2.17. The van der Waals surface area contributed by atoms with Crippen molar-refractivity contribution in [2.75, 3.05) is 11.6 Å². The maximum absolute atomic E-state index is 12.6. The molecule has 25 heavy (non-hydrogen) atoms. The highest BCUT2D eigenvalue weighted by atomic mass is 32.2. The van der Waals surface area contributed by atoms with E-state index in [1.165, 1.54) is 0 Å². The lowest BCUT2D eigenvalue weighted by molar-refractivity contribution is -0.116. The predicted molar refractivity (Wildman–Crippen MR) is 101 cm³/mol. The summed E-state index contributed by atoms with van der Waals surface area (Å²) in [5.74, 6) is 0.803. The summed E-state index contributed by atoms with van der Waals surface area (Å²) in [6.07, 6.45) is 7.65. The van der Waals surface area contributed by atoms with Crippen molar-refractivity contribution in [2.24, 2.45) is 0 Å². The van der Waals surface area contributed by atoms with Gasteiger partial charge in [0.1, 0.15) is 5.82 Å². The quantitative estimate of drug-likeness (QED) is 0.678. The number of pyridine rings is 1. The molecule has 0 unspecified atom stereocenters. The van der Waals surface area contributed by atoms with Crippen molar-refractivity contribution in [2.45, 2.75) is 24.2 Å². The molecule has 0 aliphatic heterocycles. The first-order chi connectivity index (χ1) is 12.2. The fourth-order valence-electron chi connectivity index (χ4n) is 2.63. The summed E-state index contributed by atoms with van der Waals surface area (Å²) in [5.41, 5.74) is 2.02. The van der Waals surface area contributed by atoms with Gasteiger partial charge in [-0.2, -0.15) is 5.10 Å². The van der Waals surface area contributed by atoms with Gasteiger partial charge in [0.25, 0.3) is 0 Å². The third kappa shape index (κ3) is 4.09. The Labute approximate surface area is 151 Å². The lowest BCUT2D eigenvalue weighted by Crippen LogP contribution is -2.17. The molecular weight excluding hydrogens is 332 g/mol. The molecule has 5 nitrogen and oxygen atoms in total. The van der Waals surface area contributed by atoms with Crippen molar-refractivity contribution in [3.05, 3.63) is 66.6 Å². The molecule has 0 radical (unpaired) electrons. The van der Waals surface area contributed by atoms with Crippen molar-refractivity contribution in [1.29, 1.82) is 0 Å². The molecule has 0 fully saturated rings. The van der Waals surface area contributed by atoms with Crippen molar-refractivity contribution >= 4 is 23.5 Å². The minimum Gasteiger partial charge on any atom is -0.310 e. The van der Waals surface area contributed by atoms with Crippen LogP contribution in [-0.2, 0) is 4.79 Å². The Morgan fingerprint density at radius 2 is 1.92 bits per heavy atom. The van der Waals surface area contributed by atoms with Crippen molar-refractivity contribution in [1.82, 2.24) is 14.8 Å². The summed E-state index contributed by atoms with van der Waals surface area (Å²) < 4.78 is 1.76. The molecule has 3 rings (SSSR count). The molecule has 6 heteroatoms. The zero-order valence-electron chi connectivity index (χ0n) is 14.2. The van der Waals surface area contributed by atoms with Crippen molar-refractivity contribution in [3.63, 3.8) is 0 Å². The van der Waals surface area contributed by atoms with Gasteiger partial charge in [-0.15, -0.1) is 11.8 Å². The number of thioether (sulfide) groups is 1. The summed E-state index contributed by atoms with van der Waals surface area (Å²) in [6.45, 7) is 2.04. The van der Waals surface area contributed by atoms with Crippen LogP contribution in [0.15, 0.2) is 66.0 Å². The van der Waals surface area contributed by atoms with Crippen LogP contribution in [0, 0.1) is 0 Å². The van der Waals surface area contributed by atoms with E-state index in [-0.39, 0.29) is 11.8 Å². The van der Waals surface area contributed by atoms with Gasteiger partial charge >= 0.3 is 0 Å². The van der Waals surface area contributed by atoms with Crippen molar-refractivity contribution in [3.8, 4) is 5.69 Å². The Hall–Kier alpha value is -2.60. The Balaban J connectivity index is 1.78. The molecule has 0 saturated heterocycles. The third-order valence-corrected chi connectivity index (χ3v) is 4.72. The molecule has 128 valence electrons. The maximum Gasteiger partial charge on any atom is 0.226 e. The van der Waals surface area contributed by atoms with Crippen LogP contribution in [0.25, 0.3) is 5.69 Å². The molecule has 1 N–H and O–H groups in total. The Morgan fingerprint density at radius 3 is 2.60 bits per heavy atom. The first kappa shape index (κ1) is 17.2. The number of nitrogens with zero attached hydrogens (tertiary/aromatic N) is 3. The minimum atomic E-state index is -0.0303. The molecule has 1 atom stereocenters. The molecule has 2 heterocycles. The topological polar surface area (TPSA) is 59.8 Å². The zero-order chi connectivity index (χ0) is 17.6. The number of hydrogen-bond donors (Lipinski definition) is 1. The van der Waals surface area contributed by atoms with E-state index in [2.05, 4.69) is 15.4 Å². The van der Waals surface area contributed by atoms with E-state index in [0.29, 0.717) is 12.2 Å². The maximum atomic E-state index is 12.6. The zero-order valence-corrected chi connectivity index (χ0v) is 15.0. The molecule has 0 aliphatic carbocycles. The number of benzene rings is 1. The van der Waals surface area contributed by atoms with Gasteiger partial charge in [0.2, 0.25) is 5.91 Å². The summed E-state index contributed by atoms with van der Waals surface area (Å²) in [4.78, 5) is 17.5. The summed E-state index contributed by atoms with van der Waals surface area (Å²) in [5, 5.41) is 7.45. The number of nitrogens with one attached hydrogen (secondary N) is 1. The molecule has 0 aliphatic rings. The van der Waals surface area contributed by atoms with E-state index >= 15 is 0 Å². The first-order valence-electron chi connectivity index (χ1n) is 8.06. The predicted octanol–water partition coefficient (Wildman–Crippen LogP) is 4.12. The lowest BCUT2D eigenvalue weighted by atomic mass is 9.99. The number of rotatable bonds is 6. The Kier molecular flexibility index (Phi) is 5.50. The van der Waals surface area contributed by atoms with E-state index in [4.69, 9.17) is 0 Å². The number of carbonyl (C=O) groups excluding carboxylic acids is 1. The molecule has 0 spiro atoms. The number of hydrogen-bond acceptors (Lipinski definition) is 4. The van der Waals surface area contributed by atoms with Crippen LogP contribution in [0.4, 0.5) is 5.82 Å². The average molecular weight is 352 g/mol. The van der Waals surface area contributed by atoms with Gasteiger partial charge in [0.05, 0.1) is 16.8 Å². The van der Waals surface area contributed by atoms with E-state index in [1.54, 1.807) is 35.0 Å². The molecule has 0 bridgehead atoms. The number of anilines is 1. The SMILES string of the molecule is CSc1cnn(-c2ccccc2)c1NC(=O)C[C@@H](C)c1ccncc1. The third-order valence-electron chi connectivity index (χ3n) is 3.98. The molecular formula is C19H20N4OS. The Morgan fingerprint density at radius 1 is 1.20 bits per heavy atom. The minimum absolute atomic E-state index is 0.0303. The van der Waals surface area contributed by atoms with E-state index in [9.17, 15) is 4.79 Å². The van der Waals surface area contributed by atoms with Crippen molar-refractivity contribution < 1.29 is 4.79 Å². The number of para-hydroxylation sites is 1. The molecule has 1 aromatic carbocycles. The second-order valence-electron chi connectivity index (χ2n) is 5.74. The molecule has 3 aromatic rings. The molecule has 0 saturated carbocycles. The first-order valence-corrected chi connectivity index (χ1v) is 9.28. The molecule has 2 aromatic heterocycles. The fraction of sp³-hybridized carbons (Fsp3) is 0.211. The van der Waals surface area contributed by atoms with Crippen LogP contribution in [-0.4, -0.2) is 26.9 Å². The second kappa shape index (κ2) is 7.98. The largest absolute Gasteiger partial charge is 0.310 e. The summed E-state index contributed by atoms with van der Waals surface area (Å²) >= 11 is 1.56. The normalized spacial score (nSPS) is 11.9. The number of aromatic nitrogens is 3. The number of amides is 1. The van der Waals surface area contributed by atoms with Gasteiger partial charge in [-0.1, -0.05) is 25.1 Å². The number of carbonyl (C=O) groups is 1. The Bertz CT molecular complexity index is 833. The van der Waals surface area contributed by atoms with Crippen LogP contribution in [0.1, 0.15) is 24.8 Å². The lowest BCUT2D eigenvalue weighted by Gasteiger charge is -2.14. The van der Waals surface area contributed by atoms with E-state index in [1.807, 2.05) is 55.6 Å². The van der Waals surface area contributed by atoms with Crippen LogP contribution >= 0.6 is 11.8 Å². The van der Waals surface area contributed by atoms with Gasteiger partial charge in [-0.3, -0.25) is 9.78 Å². The van der Waals surface area contributed by atoms with Gasteiger partial charge in [-0.05, 0) is 42.0 Å². The van der Waals surface area contributed by atoms with E-state index < -0.39 is 0 Å². The van der Waals surface area contributed by atoms with Crippen LogP contribution in [0.3, 0.4) is 0 Å². The fourth-order valence-corrected chi connectivity index (χ4v) is 3.12. The molecule has 1 amide bonds. The van der Waals surface area contributed by atoms with Crippen LogP contribution < -0.4 is 5.32 Å². The standard InChI is InChI=1S/C19H20N4OS/c1-14(15-8-10-20-11-9-15)12-18(24)22-19-17(25-2)13-21-23(19)16-6-4-3-5-7-16/h3-11,13-14H,12H2,1-2H3,(H,22,24)/t14-/m1/s1. The summed E-state index contributed by atoms with van der Waals surface area (Å²) in [6, 6.07) is 13.7. The second-order valence-corrected chi connectivity index (χ2v) is 6.59. The highest BCUT2D eigenvalue weighted by molar-refractivity contribution is 7.98. The average Bonchev–Trinajstić information content (AvgIpc) is 3.05. The van der Waals surface area contributed by atoms with Gasteiger partial charge in [0.15, 0.2) is 0 Å². The van der Waals surface area contributed by atoms with Gasteiger partial charge in [-0.25, -0.2) is 4.68 Å². The van der Waals surface area contributed by atoms with Crippen LogP contribution in [0.2, 0.25) is 0 Å². The van der Waals surface area contributed by atoms with Gasteiger partial charge in [0, 0.05) is 18.8 Å². The van der Waals surface area contributed by atoms with Crippen LogP contribution in [0.5, 0.6) is 0 Å². The monoisotopic (exact) mass is 352 g/mol.